The van der Waals surface area contributed by atoms with Crippen LogP contribution in [-0.2, 0) is 26.2 Å². The monoisotopic (exact) mass is 501 g/mol. The third-order valence-electron chi connectivity index (χ3n) is 5.62. The van der Waals surface area contributed by atoms with Gasteiger partial charge in [0.15, 0.2) is 0 Å². The van der Waals surface area contributed by atoms with Crippen LogP contribution in [0.4, 0.5) is 5.69 Å². The van der Waals surface area contributed by atoms with Gasteiger partial charge in [-0.3, -0.25) is 13.9 Å². The van der Waals surface area contributed by atoms with Crippen LogP contribution in [0.5, 0.6) is 0 Å². The largest absolute Gasteiger partial charge is 0.350 e. The molecule has 2 aromatic carbocycles. The Morgan fingerprint density at radius 3 is 2.14 bits per heavy atom. The van der Waals surface area contributed by atoms with Gasteiger partial charge >= 0.3 is 0 Å². The van der Waals surface area contributed by atoms with Crippen LogP contribution in [0.2, 0.25) is 0 Å². The van der Waals surface area contributed by atoms with E-state index in [4.69, 9.17) is 0 Å². The molecule has 0 saturated carbocycles. The summed E-state index contributed by atoms with van der Waals surface area (Å²) in [5.74, 6) is -0.703. The van der Waals surface area contributed by atoms with E-state index in [1.807, 2.05) is 84.9 Å². The van der Waals surface area contributed by atoms with Gasteiger partial charge in [0, 0.05) is 12.1 Å². The Hall–Kier alpha value is -2.87. The van der Waals surface area contributed by atoms with Crippen molar-refractivity contribution >= 4 is 27.5 Å². The molecule has 2 aromatic rings. The number of sulfonamides is 1. The van der Waals surface area contributed by atoms with Crippen LogP contribution in [-0.4, -0.2) is 49.5 Å². The summed E-state index contributed by atoms with van der Waals surface area (Å²) in [6, 6.07) is 12.4. The summed E-state index contributed by atoms with van der Waals surface area (Å²) in [6.45, 7) is 13.0. The Labute approximate surface area is 210 Å². The topological polar surface area (TPSA) is 86.8 Å². The van der Waals surface area contributed by atoms with Gasteiger partial charge in [-0.25, -0.2) is 8.42 Å². The highest BCUT2D eigenvalue weighted by atomic mass is 32.2. The Balaban J connectivity index is 2.49. The summed E-state index contributed by atoms with van der Waals surface area (Å²) >= 11 is 0. The molecule has 35 heavy (non-hydrogen) atoms. The van der Waals surface area contributed by atoms with Crippen molar-refractivity contribution in [2.45, 2.75) is 73.0 Å². The third-order valence-corrected chi connectivity index (χ3v) is 6.75. The molecule has 0 unspecified atom stereocenters. The Bertz CT molecular complexity index is 1170. The van der Waals surface area contributed by atoms with E-state index in [2.05, 4.69) is 5.32 Å². The number of hydrogen-bond donors (Lipinski definition) is 1. The van der Waals surface area contributed by atoms with Gasteiger partial charge in [0.25, 0.3) is 0 Å². The molecule has 0 aliphatic heterocycles. The number of nitrogens with one attached hydrogen (secondary N) is 1. The number of benzene rings is 2. The first-order valence-corrected chi connectivity index (χ1v) is 13.7. The lowest BCUT2D eigenvalue weighted by Crippen LogP contribution is -2.55. The van der Waals surface area contributed by atoms with Crippen LogP contribution in [0.15, 0.2) is 42.5 Å². The predicted octanol–water partition coefficient (Wildman–Crippen LogP) is 4.10. The van der Waals surface area contributed by atoms with Crippen molar-refractivity contribution in [1.29, 1.82) is 0 Å². The second-order valence-electron chi connectivity index (χ2n) is 10.2. The van der Waals surface area contributed by atoms with E-state index < -0.39 is 34.1 Å². The average Bonchev–Trinajstić information content (AvgIpc) is 2.70. The Morgan fingerprint density at radius 2 is 1.63 bits per heavy atom. The SMILES string of the molecule is CC[C@@H](C(=O)NC(C)(C)C)N(Cc1cccc(C)c1)C(=O)CN(c1ccc(C)cc1C)S(C)(=O)=O. The number of rotatable bonds is 9. The average molecular weight is 502 g/mol. The lowest BCUT2D eigenvalue weighted by molar-refractivity contribution is -0.141. The minimum Gasteiger partial charge on any atom is -0.350 e. The second kappa shape index (κ2) is 11.2. The van der Waals surface area contributed by atoms with Crippen LogP contribution in [0, 0.1) is 20.8 Å². The molecule has 0 aromatic heterocycles. The molecular formula is C27H39N3O4S. The fourth-order valence-electron chi connectivity index (χ4n) is 4.06. The summed E-state index contributed by atoms with van der Waals surface area (Å²) in [7, 11) is -3.76. The number of amides is 2. The highest BCUT2D eigenvalue weighted by Gasteiger charge is 2.33. The van der Waals surface area contributed by atoms with Gasteiger partial charge in [0.1, 0.15) is 12.6 Å². The van der Waals surface area contributed by atoms with Crippen LogP contribution in [0.25, 0.3) is 0 Å². The van der Waals surface area contributed by atoms with Crippen molar-refractivity contribution in [3.63, 3.8) is 0 Å². The van der Waals surface area contributed by atoms with Crippen molar-refractivity contribution in [2.24, 2.45) is 0 Å². The molecule has 2 rings (SSSR count). The van der Waals surface area contributed by atoms with E-state index in [1.165, 1.54) is 4.90 Å². The molecule has 0 heterocycles. The zero-order valence-electron chi connectivity index (χ0n) is 22.2. The van der Waals surface area contributed by atoms with Crippen molar-refractivity contribution in [2.75, 3.05) is 17.1 Å². The van der Waals surface area contributed by atoms with E-state index >= 15 is 0 Å². The number of anilines is 1. The summed E-state index contributed by atoms with van der Waals surface area (Å²) in [5.41, 5.74) is 3.64. The molecule has 0 spiro atoms. The molecule has 0 aliphatic rings. The van der Waals surface area contributed by atoms with Gasteiger partial charge in [0.2, 0.25) is 21.8 Å². The molecule has 0 fully saturated rings. The standard InChI is InChI=1S/C27H39N3O4S/c1-9-23(26(32)28-27(5,6)7)29(17-22-12-10-11-19(2)16-22)25(31)18-30(35(8,33)34)24-14-13-20(3)15-21(24)4/h10-16,23H,9,17-18H2,1-8H3,(H,28,32)/t23-/m0/s1. The van der Waals surface area contributed by atoms with E-state index in [1.54, 1.807) is 6.07 Å². The fourth-order valence-corrected chi connectivity index (χ4v) is 4.97. The first kappa shape index (κ1) is 28.4. The number of aryl methyl sites for hydroxylation is 3. The molecule has 0 saturated heterocycles. The molecule has 2 amide bonds. The maximum absolute atomic E-state index is 13.8. The molecule has 0 aliphatic carbocycles. The first-order valence-electron chi connectivity index (χ1n) is 11.8. The van der Waals surface area contributed by atoms with Gasteiger partial charge in [-0.15, -0.1) is 0 Å². The van der Waals surface area contributed by atoms with Crippen molar-refractivity contribution in [3.8, 4) is 0 Å². The van der Waals surface area contributed by atoms with E-state index in [0.717, 1.165) is 32.8 Å². The maximum atomic E-state index is 13.8. The van der Waals surface area contributed by atoms with E-state index in [9.17, 15) is 18.0 Å². The predicted molar refractivity (Wildman–Crippen MR) is 142 cm³/mol. The summed E-state index contributed by atoms with van der Waals surface area (Å²) in [5, 5.41) is 2.97. The Kier molecular flexibility index (Phi) is 9.11. The van der Waals surface area contributed by atoms with E-state index in [-0.39, 0.29) is 12.5 Å². The number of carbonyl (C=O) groups is 2. The zero-order valence-corrected chi connectivity index (χ0v) is 23.0. The highest BCUT2D eigenvalue weighted by Crippen LogP contribution is 2.24. The fraction of sp³-hybridized carbons (Fsp3) is 0.481. The smallest absolute Gasteiger partial charge is 0.244 e. The number of carbonyl (C=O) groups excluding carboxylic acids is 2. The summed E-state index contributed by atoms with van der Waals surface area (Å²) in [6.07, 6.45) is 1.48. The third kappa shape index (κ3) is 8.09. The molecule has 1 N–H and O–H groups in total. The number of hydrogen-bond acceptors (Lipinski definition) is 4. The molecular weight excluding hydrogens is 462 g/mol. The number of nitrogens with zero attached hydrogens (tertiary/aromatic N) is 2. The maximum Gasteiger partial charge on any atom is 0.244 e. The molecule has 0 bridgehead atoms. The zero-order chi connectivity index (χ0) is 26.6. The van der Waals surface area contributed by atoms with Crippen LogP contribution < -0.4 is 9.62 Å². The van der Waals surface area contributed by atoms with Crippen molar-refractivity contribution in [1.82, 2.24) is 10.2 Å². The Morgan fingerprint density at radius 1 is 1.00 bits per heavy atom. The van der Waals surface area contributed by atoms with Gasteiger partial charge in [0.05, 0.1) is 11.9 Å². The molecule has 7 nitrogen and oxygen atoms in total. The van der Waals surface area contributed by atoms with Crippen molar-refractivity contribution < 1.29 is 18.0 Å². The van der Waals surface area contributed by atoms with Crippen LogP contribution >= 0.6 is 0 Å². The van der Waals surface area contributed by atoms with Gasteiger partial charge in [-0.2, -0.15) is 0 Å². The normalized spacial score (nSPS) is 12.7. The van der Waals surface area contributed by atoms with Crippen LogP contribution in [0.3, 0.4) is 0 Å². The van der Waals surface area contributed by atoms with Crippen molar-refractivity contribution in [3.05, 3.63) is 64.7 Å². The first-order chi connectivity index (χ1) is 16.1. The molecule has 192 valence electrons. The molecule has 8 heteroatoms. The lowest BCUT2D eigenvalue weighted by Gasteiger charge is -2.34. The van der Waals surface area contributed by atoms with Gasteiger partial charge < -0.3 is 10.2 Å². The second-order valence-corrected chi connectivity index (χ2v) is 12.1. The highest BCUT2D eigenvalue weighted by molar-refractivity contribution is 7.92. The van der Waals surface area contributed by atoms with Gasteiger partial charge in [-0.1, -0.05) is 54.4 Å². The van der Waals surface area contributed by atoms with Crippen LogP contribution in [0.1, 0.15) is 56.4 Å². The molecule has 1 atom stereocenters. The van der Waals surface area contributed by atoms with Gasteiger partial charge in [-0.05, 0) is 65.2 Å². The van der Waals surface area contributed by atoms with E-state index in [0.29, 0.717) is 12.1 Å². The summed E-state index contributed by atoms with van der Waals surface area (Å²) < 4.78 is 26.7. The molecule has 0 radical (unpaired) electrons. The minimum absolute atomic E-state index is 0.196. The summed E-state index contributed by atoms with van der Waals surface area (Å²) in [4.78, 5) is 28.4. The quantitative estimate of drug-likeness (QED) is 0.560. The lowest BCUT2D eigenvalue weighted by atomic mass is 10.0. The minimum atomic E-state index is -3.76.